The second kappa shape index (κ2) is 8.68. The van der Waals surface area contributed by atoms with Crippen molar-refractivity contribution < 1.29 is 26.7 Å². The van der Waals surface area contributed by atoms with Crippen molar-refractivity contribution in [1.29, 1.82) is 0 Å². The molecule has 25 heavy (non-hydrogen) atoms. The minimum Gasteiger partial charge on any atom is -0.399 e. The second-order valence-corrected chi connectivity index (χ2v) is 6.59. The fourth-order valence-electron chi connectivity index (χ4n) is 3.34. The highest BCUT2D eigenvalue weighted by atomic mass is 19.4. The number of ether oxygens (including phenoxy) is 1. The maximum Gasteiger partial charge on any atom is 0.573 e. The molecule has 0 heterocycles. The Morgan fingerprint density at radius 2 is 1.68 bits per heavy atom. The van der Waals surface area contributed by atoms with E-state index in [0.717, 1.165) is 50.7 Å². The first-order chi connectivity index (χ1) is 11.8. The van der Waals surface area contributed by atoms with Crippen molar-refractivity contribution in [2.75, 3.05) is 0 Å². The highest BCUT2D eigenvalue weighted by molar-refractivity contribution is 5.31. The predicted octanol–water partition coefficient (Wildman–Crippen LogP) is 6.57. The Labute approximate surface area is 144 Å². The van der Waals surface area contributed by atoms with Crippen LogP contribution in [0.15, 0.2) is 24.3 Å². The van der Waals surface area contributed by atoms with E-state index < -0.39 is 23.7 Å². The van der Waals surface area contributed by atoms with Crippen LogP contribution in [-0.4, -0.2) is 6.36 Å². The third-order valence-electron chi connectivity index (χ3n) is 4.65. The SMILES string of the molecule is CC/C=C/C1CCC(CCc2cc(F)c(OC(F)(F)F)c(F)c2)CC1. The second-order valence-electron chi connectivity index (χ2n) is 6.59. The van der Waals surface area contributed by atoms with E-state index in [4.69, 9.17) is 0 Å². The summed E-state index contributed by atoms with van der Waals surface area (Å²) in [6.07, 6.45) is 5.95. The van der Waals surface area contributed by atoms with Crippen molar-refractivity contribution in [3.05, 3.63) is 41.5 Å². The third-order valence-corrected chi connectivity index (χ3v) is 4.65. The first kappa shape index (κ1) is 19.7. The lowest BCUT2D eigenvalue weighted by Gasteiger charge is -2.26. The number of hydrogen-bond acceptors (Lipinski definition) is 1. The Morgan fingerprint density at radius 1 is 1.08 bits per heavy atom. The molecule has 140 valence electrons. The Balaban J connectivity index is 1.89. The van der Waals surface area contributed by atoms with Gasteiger partial charge in [0.2, 0.25) is 5.75 Å². The van der Waals surface area contributed by atoms with E-state index in [1.54, 1.807) is 0 Å². The number of aryl methyl sites for hydroxylation is 1. The van der Waals surface area contributed by atoms with Crippen LogP contribution in [0.1, 0.15) is 51.0 Å². The molecule has 1 aliphatic rings. The lowest BCUT2D eigenvalue weighted by atomic mass is 9.79. The molecule has 2 rings (SSSR count). The maximum atomic E-state index is 13.7. The molecule has 0 radical (unpaired) electrons. The Kier molecular flexibility index (Phi) is 6.85. The van der Waals surface area contributed by atoms with Crippen molar-refractivity contribution in [2.24, 2.45) is 11.8 Å². The topological polar surface area (TPSA) is 9.23 Å². The zero-order chi connectivity index (χ0) is 18.4. The van der Waals surface area contributed by atoms with Crippen molar-refractivity contribution in [1.82, 2.24) is 0 Å². The first-order valence-corrected chi connectivity index (χ1v) is 8.68. The molecule has 0 bridgehead atoms. The third kappa shape index (κ3) is 6.33. The number of rotatable bonds is 6. The molecule has 0 amide bonds. The fourth-order valence-corrected chi connectivity index (χ4v) is 3.34. The summed E-state index contributed by atoms with van der Waals surface area (Å²) in [6, 6.07) is 1.86. The maximum absolute atomic E-state index is 13.7. The van der Waals surface area contributed by atoms with Gasteiger partial charge in [-0.3, -0.25) is 0 Å². The minimum absolute atomic E-state index is 0.359. The molecule has 1 aromatic rings. The highest BCUT2D eigenvalue weighted by Crippen LogP contribution is 2.34. The van der Waals surface area contributed by atoms with Gasteiger partial charge in [0.25, 0.3) is 0 Å². The van der Waals surface area contributed by atoms with E-state index in [0.29, 0.717) is 23.8 Å². The number of benzene rings is 1. The summed E-state index contributed by atoms with van der Waals surface area (Å²) in [5.74, 6) is -2.92. The Morgan fingerprint density at radius 3 is 2.20 bits per heavy atom. The largest absolute Gasteiger partial charge is 0.573 e. The quantitative estimate of drug-likeness (QED) is 0.411. The molecular formula is C19H23F5O. The van der Waals surface area contributed by atoms with E-state index in [2.05, 4.69) is 23.8 Å². The van der Waals surface area contributed by atoms with Gasteiger partial charge in [-0.25, -0.2) is 8.78 Å². The van der Waals surface area contributed by atoms with Gasteiger partial charge in [0.1, 0.15) is 0 Å². The van der Waals surface area contributed by atoms with Gasteiger partial charge in [0.15, 0.2) is 11.6 Å². The molecule has 1 saturated carbocycles. The smallest absolute Gasteiger partial charge is 0.399 e. The zero-order valence-electron chi connectivity index (χ0n) is 14.2. The predicted molar refractivity (Wildman–Crippen MR) is 86.2 cm³/mol. The molecular weight excluding hydrogens is 339 g/mol. The van der Waals surface area contributed by atoms with Crippen LogP contribution >= 0.6 is 0 Å². The monoisotopic (exact) mass is 362 g/mol. The summed E-state index contributed by atoms with van der Waals surface area (Å²) in [4.78, 5) is 0. The minimum atomic E-state index is -5.12. The number of hydrogen-bond donors (Lipinski definition) is 0. The first-order valence-electron chi connectivity index (χ1n) is 8.68. The average Bonchev–Trinajstić information content (AvgIpc) is 2.54. The molecule has 0 atom stereocenters. The van der Waals surface area contributed by atoms with Crippen molar-refractivity contribution >= 4 is 0 Å². The summed E-state index contributed by atoms with van der Waals surface area (Å²) < 4.78 is 67.2. The van der Waals surface area contributed by atoms with Crippen LogP contribution < -0.4 is 4.74 Å². The number of allylic oxidation sites excluding steroid dienone is 2. The molecule has 1 nitrogen and oxygen atoms in total. The molecule has 0 spiro atoms. The molecule has 0 aliphatic heterocycles. The highest BCUT2D eigenvalue weighted by Gasteiger charge is 2.34. The summed E-state index contributed by atoms with van der Waals surface area (Å²) in [5, 5.41) is 0. The summed E-state index contributed by atoms with van der Waals surface area (Å²) in [6.45, 7) is 2.10. The summed E-state index contributed by atoms with van der Waals surface area (Å²) in [5.41, 5.74) is 0.359. The van der Waals surface area contributed by atoms with Crippen molar-refractivity contribution in [3.8, 4) is 5.75 Å². The van der Waals surface area contributed by atoms with Crippen LogP contribution in [0.25, 0.3) is 0 Å². The van der Waals surface area contributed by atoms with Crippen LogP contribution in [-0.2, 0) is 6.42 Å². The molecule has 1 fully saturated rings. The fraction of sp³-hybridized carbons (Fsp3) is 0.579. The van der Waals surface area contributed by atoms with Gasteiger partial charge < -0.3 is 4.74 Å². The number of halogens is 5. The standard InChI is InChI=1S/C19H23F5O/c1-2-3-4-13-5-7-14(8-6-13)9-10-15-11-16(20)18(17(21)12-15)25-19(22,23)24/h3-4,11-14H,2,5-10H2,1H3/b4-3+. The van der Waals surface area contributed by atoms with Crippen molar-refractivity contribution in [2.45, 2.75) is 58.2 Å². The van der Waals surface area contributed by atoms with E-state index in [-0.39, 0.29) is 0 Å². The molecule has 6 heteroatoms. The van der Waals surface area contributed by atoms with Crippen LogP contribution in [0.4, 0.5) is 22.0 Å². The van der Waals surface area contributed by atoms with E-state index in [9.17, 15) is 22.0 Å². The molecule has 1 aromatic carbocycles. The van der Waals surface area contributed by atoms with Gasteiger partial charge >= 0.3 is 6.36 Å². The molecule has 0 N–H and O–H groups in total. The number of alkyl halides is 3. The lowest BCUT2D eigenvalue weighted by Crippen LogP contribution is -2.19. The Bertz CT molecular complexity index is 563. The van der Waals surface area contributed by atoms with Crippen molar-refractivity contribution in [3.63, 3.8) is 0 Å². The van der Waals surface area contributed by atoms with Gasteiger partial charge in [-0.05, 0) is 74.5 Å². The molecule has 0 saturated heterocycles. The van der Waals surface area contributed by atoms with Gasteiger partial charge in [0.05, 0.1) is 0 Å². The van der Waals surface area contributed by atoms with Crippen LogP contribution in [0.2, 0.25) is 0 Å². The molecule has 1 aliphatic carbocycles. The van der Waals surface area contributed by atoms with Crippen LogP contribution in [0.3, 0.4) is 0 Å². The Hall–Kier alpha value is -1.59. The van der Waals surface area contributed by atoms with E-state index in [1.165, 1.54) is 0 Å². The van der Waals surface area contributed by atoms with Gasteiger partial charge in [-0.1, -0.05) is 19.1 Å². The molecule has 0 unspecified atom stereocenters. The van der Waals surface area contributed by atoms with Crippen LogP contribution in [0.5, 0.6) is 5.75 Å². The van der Waals surface area contributed by atoms with Crippen LogP contribution in [0, 0.1) is 23.5 Å². The lowest BCUT2D eigenvalue weighted by molar-refractivity contribution is -0.276. The van der Waals surface area contributed by atoms with Gasteiger partial charge in [-0.15, -0.1) is 13.2 Å². The van der Waals surface area contributed by atoms with Gasteiger partial charge in [0, 0.05) is 0 Å². The van der Waals surface area contributed by atoms with E-state index in [1.807, 2.05) is 0 Å². The average molecular weight is 362 g/mol. The normalized spacial score (nSPS) is 21.7. The summed E-state index contributed by atoms with van der Waals surface area (Å²) in [7, 11) is 0. The van der Waals surface area contributed by atoms with Gasteiger partial charge in [-0.2, -0.15) is 0 Å². The van der Waals surface area contributed by atoms with E-state index >= 15 is 0 Å². The zero-order valence-corrected chi connectivity index (χ0v) is 14.2. The summed E-state index contributed by atoms with van der Waals surface area (Å²) >= 11 is 0. The molecule has 0 aromatic heterocycles.